The first-order chi connectivity index (χ1) is 8.86. The Morgan fingerprint density at radius 1 is 1.22 bits per heavy atom. The molecular formula is C16H24N2. The third-order valence-electron chi connectivity index (χ3n) is 4.49. The molecule has 1 heterocycles. The zero-order valence-electron chi connectivity index (χ0n) is 11.4. The van der Waals surface area contributed by atoms with Crippen molar-refractivity contribution >= 4 is 0 Å². The van der Waals surface area contributed by atoms with Crippen LogP contribution in [0.4, 0.5) is 0 Å². The third kappa shape index (κ3) is 2.45. The van der Waals surface area contributed by atoms with E-state index in [1.54, 1.807) is 11.1 Å². The Morgan fingerprint density at radius 2 is 2.11 bits per heavy atom. The highest BCUT2D eigenvalue weighted by molar-refractivity contribution is 5.35. The molecule has 1 unspecified atom stereocenters. The van der Waals surface area contributed by atoms with Crippen LogP contribution in [0.3, 0.4) is 0 Å². The number of benzene rings is 1. The van der Waals surface area contributed by atoms with Crippen molar-refractivity contribution in [3.05, 3.63) is 34.9 Å². The topological polar surface area (TPSA) is 15.3 Å². The first-order valence-electron chi connectivity index (χ1n) is 7.36. The summed E-state index contributed by atoms with van der Waals surface area (Å²) in [6.45, 7) is 3.54. The molecule has 1 aliphatic heterocycles. The van der Waals surface area contributed by atoms with E-state index < -0.39 is 0 Å². The Morgan fingerprint density at radius 3 is 3.00 bits per heavy atom. The van der Waals surface area contributed by atoms with Gasteiger partial charge in [-0.25, -0.2) is 0 Å². The number of aryl methyl sites for hydroxylation is 2. The second-order valence-electron chi connectivity index (χ2n) is 5.78. The van der Waals surface area contributed by atoms with Crippen molar-refractivity contribution in [1.82, 2.24) is 10.2 Å². The molecule has 1 aliphatic carbocycles. The second kappa shape index (κ2) is 5.41. The van der Waals surface area contributed by atoms with E-state index in [-0.39, 0.29) is 0 Å². The summed E-state index contributed by atoms with van der Waals surface area (Å²) in [6, 6.07) is 7.90. The number of likely N-dealkylation sites (N-methyl/N-ethyl adjacent to an activating group) is 1. The van der Waals surface area contributed by atoms with Crippen LogP contribution in [0.25, 0.3) is 0 Å². The summed E-state index contributed by atoms with van der Waals surface area (Å²) in [6.07, 6.45) is 6.65. The van der Waals surface area contributed by atoms with Crippen molar-refractivity contribution in [2.24, 2.45) is 0 Å². The second-order valence-corrected chi connectivity index (χ2v) is 5.78. The highest BCUT2D eigenvalue weighted by Gasteiger charge is 2.23. The summed E-state index contributed by atoms with van der Waals surface area (Å²) >= 11 is 0. The van der Waals surface area contributed by atoms with Crippen molar-refractivity contribution in [2.75, 3.05) is 20.1 Å². The smallest absolute Gasteiger partial charge is 0.0237 e. The van der Waals surface area contributed by atoms with Crippen LogP contribution < -0.4 is 5.32 Å². The number of rotatable bonds is 4. The first kappa shape index (κ1) is 12.2. The molecule has 0 saturated carbocycles. The van der Waals surface area contributed by atoms with E-state index in [1.807, 2.05) is 0 Å². The molecule has 2 aliphatic rings. The molecule has 1 atom stereocenters. The minimum absolute atomic E-state index is 0.739. The van der Waals surface area contributed by atoms with Gasteiger partial charge in [-0.1, -0.05) is 18.2 Å². The van der Waals surface area contributed by atoms with Crippen molar-refractivity contribution in [3.63, 3.8) is 0 Å². The normalized spacial score (nSPS) is 23.5. The number of hydrogen-bond donors (Lipinski definition) is 1. The van der Waals surface area contributed by atoms with E-state index in [0.717, 1.165) is 19.1 Å². The summed E-state index contributed by atoms with van der Waals surface area (Å²) in [5, 5.41) is 3.33. The third-order valence-corrected chi connectivity index (χ3v) is 4.49. The predicted octanol–water partition coefficient (Wildman–Crippen LogP) is 2.36. The lowest BCUT2D eigenvalue weighted by atomic mass is 10.1. The van der Waals surface area contributed by atoms with Crippen LogP contribution in [0, 0.1) is 0 Å². The van der Waals surface area contributed by atoms with E-state index in [1.165, 1.54) is 44.2 Å². The maximum atomic E-state index is 3.33. The van der Waals surface area contributed by atoms with Gasteiger partial charge in [-0.2, -0.15) is 0 Å². The first-order valence-corrected chi connectivity index (χ1v) is 7.36. The molecule has 18 heavy (non-hydrogen) atoms. The summed E-state index contributed by atoms with van der Waals surface area (Å²) in [5.74, 6) is 0. The van der Waals surface area contributed by atoms with Gasteiger partial charge in [0, 0.05) is 19.1 Å². The number of nitrogens with zero attached hydrogens (tertiary/aromatic N) is 1. The SMILES string of the molecule is CNCC1CCCN1Cc1ccc2c(c1)CCC2. The van der Waals surface area contributed by atoms with Crippen LogP contribution in [0.2, 0.25) is 0 Å². The fourth-order valence-electron chi connectivity index (χ4n) is 3.53. The Balaban J connectivity index is 1.68. The molecule has 1 aromatic carbocycles. The van der Waals surface area contributed by atoms with Crippen molar-refractivity contribution in [2.45, 2.75) is 44.7 Å². The summed E-state index contributed by atoms with van der Waals surface area (Å²) in [5.41, 5.74) is 4.71. The Kier molecular flexibility index (Phi) is 3.67. The van der Waals surface area contributed by atoms with E-state index in [9.17, 15) is 0 Å². The summed E-state index contributed by atoms with van der Waals surface area (Å²) in [4.78, 5) is 2.65. The molecule has 1 aromatic rings. The van der Waals surface area contributed by atoms with E-state index in [0.29, 0.717) is 0 Å². The van der Waals surface area contributed by atoms with Crippen LogP contribution in [-0.2, 0) is 19.4 Å². The largest absolute Gasteiger partial charge is 0.318 e. The average molecular weight is 244 g/mol. The van der Waals surface area contributed by atoms with Gasteiger partial charge >= 0.3 is 0 Å². The van der Waals surface area contributed by atoms with Crippen LogP contribution in [-0.4, -0.2) is 31.1 Å². The van der Waals surface area contributed by atoms with Gasteiger partial charge in [0.25, 0.3) is 0 Å². The van der Waals surface area contributed by atoms with Gasteiger partial charge < -0.3 is 5.32 Å². The standard InChI is InChI=1S/C16H24N2/c1-17-11-16-6-3-9-18(16)12-13-7-8-14-4-2-5-15(14)10-13/h7-8,10,16-17H,2-6,9,11-12H2,1H3. The Labute approximate surface area is 110 Å². The molecule has 1 saturated heterocycles. The molecule has 0 bridgehead atoms. The zero-order chi connectivity index (χ0) is 12.4. The fourth-order valence-corrected chi connectivity index (χ4v) is 3.53. The number of hydrogen-bond acceptors (Lipinski definition) is 2. The molecule has 98 valence electrons. The van der Waals surface area contributed by atoms with Crippen molar-refractivity contribution in [1.29, 1.82) is 0 Å². The van der Waals surface area contributed by atoms with Gasteiger partial charge in [-0.15, -0.1) is 0 Å². The van der Waals surface area contributed by atoms with Gasteiger partial charge in [-0.05, 0) is 62.4 Å². The Hall–Kier alpha value is -0.860. The van der Waals surface area contributed by atoms with Crippen molar-refractivity contribution < 1.29 is 0 Å². The molecule has 0 amide bonds. The van der Waals surface area contributed by atoms with E-state index in [2.05, 4.69) is 35.5 Å². The fraction of sp³-hybridized carbons (Fsp3) is 0.625. The lowest BCUT2D eigenvalue weighted by Crippen LogP contribution is -2.36. The molecule has 1 fully saturated rings. The maximum absolute atomic E-state index is 3.33. The minimum Gasteiger partial charge on any atom is -0.318 e. The van der Waals surface area contributed by atoms with E-state index in [4.69, 9.17) is 0 Å². The molecule has 1 N–H and O–H groups in total. The van der Waals surface area contributed by atoms with Crippen LogP contribution in [0.5, 0.6) is 0 Å². The summed E-state index contributed by atoms with van der Waals surface area (Å²) in [7, 11) is 2.06. The minimum atomic E-state index is 0.739. The lowest BCUT2D eigenvalue weighted by molar-refractivity contribution is 0.242. The molecule has 0 aromatic heterocycles. The van der Waals surface area contributed by atoms with Gasteiger partial charge in [-0.3, -0.25) is 4.90 Å². The predicted molar refractivity (Wildman–Crippen MR) is 75.8 cm³/mol. The average Bonchev–Trinajstić information content (AvgIpc) is 2.99. The summed E-state index contributed by atoms with van der Waals surface area (Å²) < 4.78 is 0. The molecule has 0 spiro atoms. The van der Waals surface area contributed by atoms with E-state index >= 15 is 0 Å². The molecule has 2 heteroatoms. The van der Waals surface area contributed by atoms with Gasteiger partial charge in [0.1, 0.15) is 0 Å². The number of likely N-dealkylation sites (tertiary alicyclic amines) is 1. The van der Waals surface area contributed by atoms with Gasteiger partial charge in [0.2, 0.25) is 0 Å². The van der Waals surface area contributed by atoms with Crippen LogP contribution >= 0.6 is 0 Å². The number of fused-ring (bicyclic) bond motifs is 1. The quantitative estimate of drug-likeness (QED) is 0.874. The molecule has 2 nitrogen and oxygen atoms in total. The highest BCUT2D eigenvalue weighted by Crippen LogP contribution is 2.25. The molecular weight excluding hydrogens is 220 g/mol. The maximum Gasteiger partial charge on any atom is 0.0237 e. The van der Waals surface area contributed by atoms with Gasteiger partial charge in [0.15, 0.2) is 0 Å². The van der Waals surface area contributed by atoms with Crippen molar-refractivity contribution in [3.8, 4) is 0 Å². The highest BCUT2D eigenvalue weighted by atomic mass is 15.2. The molecule has 3 rings (SSSR count). The lowest BCUT2D eigenvalue weighted by Gasteiger charge is -2.24. The van der Waals surface area contributed by atoms with Gasteiger partial charge in [0.05, 0.1) is 0 Å². The molecule has 0 radical (unpaired) electrons. The Bertz CT molecular complexity index is 414. The number of nitrogens with one attached hydrogen (secondary N) is 1. The zero-order valence-corrected chi connectivity index (χ0v) is 11.4. The van der Waals surface area contributed by atoms with Crippen LogP contribution in [0.1, 0.15) is 36.0 Å². The van der Waals surface area contributed by atoms with Crippen LogP contribution in [0.15, 0.2) is 18.2 Å². The monoisotopic (exact) mass is 244 g/mol.